The van der Waals surface area contributed by atoms with Crippen LogP contribution in [0.4, 0.5) is 0 Å². The summed E-state index contributed by atoms with van der Waals surface area (Å²) in [7, 11) is 0. The highest BCUT2D eigenvalue weighted by atomic mass is 16.3. The summed E-state index contributed by atoms with van der Waals surface area (Å²) >= 11 is 0. The van der Waals surface area contributed by atoms with Gasteiger partial charge in [0.25, 0.3) is 0 Å². The Kier molecular flexibility index (Phi) is 3.43. The van der Waals surface area contributed by atoms with Crippen LogP contribution in [0.3, 0.4) is 0 Å². The summed E-state index contributed by atoms with van der Waals surface area (Å²) in [6.45, 7) is 2.95. The minimum atomic E-state index is -0.738. The van der Waals surface area contributed by atoms with Gasteiger partial charge in [-0.15, -0.1) is 0 Å². The van der Waals surface area contributed by atoms with Crippen LogP contribution >= 0.6 is 0 Å². The first-order valence-electron chi connectivity index (χ1n) is 5.97. The van der Waals surface area contributed by atoms with E-state index >= 15 is 0 Å². The third kappa shape index (κ3) is 3.27. The smallest absolute Gasteiger partial charge is 0.228 e. The van der Waals surface area contributed by atoms with Crippen molar-refractivity contribution in [2.75, 3.05) is 13.1 Å². The van der Waals surface area contributed by atoms with E-state index in [0.29, 0.717) is 13.0 Å². The Morgan fingerprint density at radius 2 is 2.41 bits per heavy atom. The molecule has 1 aliphatic heterocycles. The van der Waals surface area contributed by atoms with Crippen LogP contribution in [0, 0.1) is 0 Å². The van der Waals surface area contributed by atoms with Crippen molar-refractivity contribution in [3.63, 3.8) is 0 Å². The summed E-state index contributed by atoms with van der Waals surface area (Å²) < 4.78 is 0. The van der Waals surface area contributed by atoms with Crippen LogP contribution in [-0.2, 0) is 11.2 Å². The molecule has 1 unspecified atom stereocenters. The lowest BCUT2D eigenvalue weighted by Crippen LogP contribution is -2.49. The molecule has 0 spiro atoms. The zero-order chi connectivity index (χ0) is 12.3. The quantitative estimate of drug-likeness (QED) is 0.830. The molecule has 2 heterocycles. The second kappa shape index (κ2) is 4.84. The fourth-order valence-electron chi connectivity index (χ4n) is 2.20. The van der Waals surface area contributed by atoms with Gasteiger partial charge in [0, 0.05) is 25.0 Å². The second-order valence-electron chi connectivity index (χ2n) is 4.91. The molecule has 1 aromatic heterocycles. The van der Waals surface area contributed by atoms with Gasteiger partial charge in [-0.2, -0.15) is 0 Å². The zero-order valence-corrected chi connectivity index (χ0v) is 10.1. The SMILES string of the molecule is CC1(O)CCCN(C(=O)Cc2ccccn2)C1. The van der Waals surface area contributed by atoms with Crippen molar-refractivity contribution in [3.05, 3.63) is 30.1 Å². The molecule has 2 rings (SSSR count). The molecule has 1 amide bonds. The first-order chi connectivity index (χ1) is 8.07. The van der Waals surface area contributed by atoms with Crippen molar-refractivity contribution in [3.8, 4) is 0 Å². The summed E-state index contributed by atoms with van der Waals surface area (Å²) in [6, 6.07) is 5.56. The van der Waals surface area contributed by atoms with Gasteiger partial charge < -0.3 is 10.0 Å². The van der Waals surface area contributed by atoms with Crippen molar-refractivity contribution in [1.82, 2.24) is 9.88 Å². The van der Waals surface area contributed by atoms with Gasteiger partial charge in [0.2, 0.25) is 5.91 Å². The maximum Gasteiger partial charge on any atom is 0.228 e. The van der Waals surface area contributed by atoms with Crippen LogP contribution in [0.2, 0.25) is 0 Å². The van der Waals surface area contributed by atoms with Crippen LogP contribution in [0.25, 0.3) is 0 Å². The molecule has 1 aromatic rings. The number of rotatable bonds is 2. The molecule has 4 heteroatoms. The topological polar surface area (TPSA) is 53.4 Å². The Labute approximate surface area is 101 Å². The lowest BCUT2D eigenvalue weighted by atomic mass is 9.95. The molecule has 1 saturated heterocycles. The number of likely N-dealkylation sites (tertiary alicyclic amines) is 1. The van der Waals surface area contributed by atoms with Crippen LogP contribution in [0.5, 0.6) is 0 Å². The van der Waals surface area contributed by atoms with E-state index in [1.807, 2.05) is 18.2 Å². The van der Waals surface area contributed by atoms with Gasteiger partial charge in [-0.3, -0.25) is 9.78 Å². The molecule has 0 radical (unpaired) electrons. The predicted molar refractivity (Wildman–Crippen MR) is 64.4 cm³/mol. The molecule has 0 bridgehead atoms. The van der Waals surface area contributed by atoms with Crippen molar-refractivity contribution >= 4 is 5.91 Å². The predicted octanol–water partition coefficient (Wildman–Crippen LogP) is 0.998. The molecule has 1 atom stereocenters. The first kappa shape index (κ1) is 12.0. The van der Waals surface area contributed by atoms with Crippen molar-refractivity contribution in [2.45, 2.75) is 31.8 Å². The summed E-state index contributed by atoms with van der Waals surface area (Å²) in [5.74, 6) is 0.0451. The van der Waals surface area contributed by atoms with E-state index in [0.717, 1.165) is 25.1 Å². The normalized spacial score (nSPS) is 24.7. The molecule has 1 fully saturated rings. The number of aromatic nitrogens is 1. The number of hydrogen-bond acceptors (Lipinski definition) is 3. The summed E-state index contributed by atoms with van der Waals surface area (Å²) in [5, 5.41) is 9.95. The summed E-state index contributed by atoms with van der Waals surface area (Å²) in [4.78, 5) is 17.9. The van der Waals surface area contributed by atoms with E-state index in [1.54, 1.807) is 18.0 Å². The summed E-state index contributed by atoms with van der Waals surface area (Å²) in [5.41, 5.74) is 0.0422. The molecule has 1 N–H and O–H groups in total. The fourth-order valence-corrected chi connectivity index (χ4v) is 2.20. The van der Waals surface area contributed by atoms with Gasteiger partial charge in [-0.05, 0) is 31.9 Å². The number of aliphatic hydroxyl groups is 1. The maximum absolute atomic E-state index is 12.0. The minimum absolute atomic E-state index is 0.0451. The molecule has 17 heavy (non-hydrogen) atoms. The Balaban J connectivity index is 1.96. The lowest BCUT2D eigenvalue weighted by Gasteiger charge is -2.36. The number of carbonyl (C=O) groups excluding carboxylic acids is 1. The number of pyridine rings is 1. The Hall–Kier alpha value is -1.42. The molecule has 0 saturated carbocycles. The first-order valence-corrected chi connectivity index (χ1v) is 5.97. The van der Waals surface area contributed by atoms with Crippen LogP contribution in [-0.4, -0.2) is 39.6 Å². The molecule has 0 aromatic carbocycles. The number of β-amino-alcohol motifs (C(OH)–C–C–N with tert-alkyl or cyclic N) is 1. The number of hydrogen-bond donors (Lipinski definition) is 1. The van der Waals surface area contributed by atoms with Gasteiger partial charge in [-0.25, -0.2) is 0 Å². The number of nitrogens with zero attached hydrogens (tertiary/aromatic N) is 2. The van der Waals surface area contributed by atoms with Gasteiger partial charge >= 0.3 is 0 Å². The highest BCUT2D eigenvalue weighted by Crippen LogP contribution is 2.20. The monoisotopic (exact) mass is 234 g/mol. The third-order valence-corrected chi connectivity index (χ3v) is 3.09. The van der Waals surface area contributed by atoms with Gasteiger partial charge in [0.15, 0.2) is 0 Å². The molecule has 1 aliphatic rings. The standard InChI is InChI=1S/C13H18N2O2/c1-13(17)6-4-8-15(10-13)12(16)9-11-5-2-3-7-14-11/h2-3,5,7,17H,4,6,8-10H2,1H3. The van der Waals surface area contributed by atoms with Crippen LogP contribution in [0.15, 0.2) is 24.4 Å². The lowest BCUT2D eigenvalue weighted by molar-refractivity contribution is -0.136. The molecular formula is C13H18N2O2. The zero-order valence-electron chi connectivity index (χ0n) is 10.1. The number of piperidine rings is 1. The molecular weight excluding hydrogens is 216 g/mol. The fraction of sp³-hybridized carbons (Fsp3) is 0.538. The molecule has 0 aliphatic carbocycles. The largest absolute Gasteiger partial charge is 0.388 e. The average Bonchev–Trinajstić information content (AvgIpc) is 2.29. The van der Waals surface area contributed by atoms with Crippen molar-refractivity contribution < 1.29 is 9.90 Å². The van der Waals surface area contributed by atoms with E-state index in [9.17, 15) is 9.90 Å². The average molecular weight is 234 g/mol. The third-order valence-electron chi connectivity index (χ3n) is 3.09. The van der Waals surface area contributed by atoms with Crippen LogP contribution < -0.4 is 0 Å². The van der Waals surface area contributed by atoms with E-state index < -0.39 is 5.60 Å². The Morgan fingerprint density at radius 1 is 1.59 bits per heavy atom. The molecule has 4 nitrogen and oxygen atoms in total. The highest BCUT2D eigenvalue weighted by Gasteiger charge is 2.30. The van der Waals surface area contributed by atoms with Gasteiger partial charge in [-0.1, -0.05) is 6.07 Å². The maximum atomic E-state index is 12.0. The van der Waals surface area contributed by atoms with E-state index in [4.69, 9.17) is 0 Å². The second-order valence-corrected chi connectivity index (χ2v) is 4.91. The van der Waals surface area contributed by atoms with E-state index in [2.05, 4.69) is 4.98 Å². The Bertz CT molecular complexity index is 390. The highest BCUT2D eigenvalue weighted by molar-refractivity contribution is 5.78. The van der Waals surface area contributed by atoms with Gasteiger partial charge in [0.1, 0.15) is 0 Å². The molecule has 92 valence electrons. The van der Waals surface area contributed by atoms with E-state index in [-0.39, 0.29) is 5.91 Å². The number of carbonyl (C=O) groups is 1. The van der Waals surface area contributed by atoms with Crippen molar-refractivity contribution in [1.29, 1.82) is 0 Å². The van der Waals surface area contributed by atoms with Crippen LogP contribution in [0.1, 0.15) is 25.5 Å². The van der Waals surface area contributed by atoms with E-state index in [1.165, 1.54) is 0 Å². The minimum Gasteiger partial charge on any atom is -0.388 e. The summed E-state index contributed by atoms with van der Waals surface area (Å²) in [6.07, 6.45) is 3.63. The van der Waals surface area contributed by atoms with Gasteiger partial charge in [0.05, 0.1) is 12.0 Å². The Morgan fingerprint density at radius 3 is 3.06 bits per heavy atom. The van der Waals surface area contributed by atoms with Crippen molar-refractivity contribution in [2.24, 2.45) is 0 Å². The number of amides is 1.